The first-order chi connectivity index (χ1) is 12.9. The largest absolute Gasteiger partial charge is 0.308 e. The Morgan fingerprint density at radius 2 is 1.81 bits per heavy atom. The summed E-state index contributed by atoms with van der Waals surface area (Å²) in [5.41, 5.74) is 2.91. The lowest BCUT2D eigenvalue weighted by Gasteiger charge is -2.15. The summed E-state index contributed by atoms with van der Waals surface area (Å²) < 4.78 is 30.7. The Morgan fingerprint density at radius 1 is 1.11 bits per heavy atom. The molecule has 0 aliphatic heterocycles. The van der Waals surface area contributed by atoms with E-state index < -0.39 is 10.0 Å². The molecule has 27 heavy (non-hydrogen) atoms. The number of aryl methyl sites for hydroxylation is 2. The highest BCUT2D eigenvalue weighted by Gasteiger charge is 2.20. The van der Waals surface area contributed by atoms with Gasteiger partial charge in [-0.2, -0.15) is 0 Å². The monoisotopic (exact) mass is 404 g/mol. The molecule has 3 rings (SSSR count). The van der Waals surface area contributed by atoms with E-state index in [-0.39, 0.29) is 15.8 Å². The summed E-state index contributed by atoms with van der Waals surface area (Å²) in [6, 6.07) is 12.5. The third kappa shape index (κ3) is 4.15. The van der Waals surface area contributed by atoms with E-state index in [2.05, 4.69) is 11.6 Å². The van der Waals surface area contributed by atoms with E-state index in [1.54, 1.807) is 22.8 Å². The Bertz CT molecular complexity index is 1100. The van der Waals surface area contributed by atoms with E-state index in [4.69, 9.17) is 0 Å². The maximum Gasteiger partial charge on any atom is 0.308 e. The van der Waals surface area contributed by atoms with Gasteiger partial charge in [0, 0.05) is 12.6 Å². The number of fused-ring (bicyclic) bond motifs is 1. The Hall–Kier alpha value is -1.96. The molecule has 7 heteroatoms. The van der Waals surface area contributed by atoms with Crippen molar-refractivity contribution < 1.29 is 8.42 Å². The van der Waals surface area contributed by atoms with Crippen LogP contribution < -0.4 is 9.60 Å². The van der Waals surface area contributed by atoms with Crippen molar-refractivity contribution in [3.8, 4) is 0 Å². The number of thiazole rings is 1. The fourth-order valence-electron chi connectivity index (χ4n) is 3.06. The normalized spacial score (nSPS) is 13.1. The van der Waals surface area contributed by atoms with Gasteiger partial charge < -0.3 is 0 Å². The number of nitrogens with one attached hydrogen (secondary N) is 1. The van der Waals surface area contributed by atoms with Crippen LogP contribution in [0.1, 0.15) is 44.4 Å². The summed E-state index contributed by atoms with van der Waals surface area (Å²) in [5.74, 6) is 0. The number of hydrogen-bond acceptors (Lipinski definition) is 4. The van der Waals surface area contributed by atoms with Gasteiger partial charge in [0.25, 0.3) is 0 Å². The van der Waals surface area contributed by atoms with Gasteiger partial charge in [0.1, 0.15) is 0 Å². The van der Waals surface area contributed by atoms with Crippen molar-refractivity contribution in [3.05, 3.63) is 63.3 Å². The molecule has 1 atom stereocenters. The highest BCUT2D eigenvalue weighted by molar-refractivity contribution is 7.89. The average molecular weight is 405 g/mol. The van der Waals surface area contributed by atoms with Crippen LogP contribution >= 0.6 is 11.3 Å². The molecule has 144 valence electrons. The summed E-state index contributed by atoms with van der Waals surface area (Å²) in [6.07, 6.45) is 1.79. The second kappa shape index (κ2) is 7.96. The number of hydrogen-bond donors (Lipinski definition) is 1. The third-order valence-electron chi connectivity index (χ3n) is 4.62. The van der Waals surface area contributed by atoms with Gasteiger partial charge in [-0.1, -0.05) is 49.4 Å². The minimum absolute atomic E-state index is 0.0567. The first-order valence-electron chi connectivity index (χ1n) is 9.10. The van der Waals surface area contributed by atoms with Crippen LogP contribution in [0.3, 0.4) is 0 Å². The lowest BCUT2D eigenvalue weighted by atomic mass is 10.1. The van der Waals surface area contributed by atoms with Crippen LogP contribution in [0.25, 0.3) is 10.2 Å². The van der Waals surface area contributed by atoms with Gasteiger partial charge in [-0.25, -0.2) is 13.1 Å². The molecule has 1 aromatic heterocycles. The van der Waals surface area contributed by atoms with Gasteiger partial charge in [0.15, 0.2) is 0 Å². The molecule has 0 spiro atoms. The minimum atomic E-state index is -3.69. The maximum absolute atomic E-state index is 12.8. The van der Waals surface area contributed by atoms with E-state index in [9.17, 15) is 13.2 Å². The Labute approximate surface area is 163 Å². The molecule has 3 aromatic rings. The summed E-state index contributed by atoms with van der Waals surface area (Å²) in [6.45, 7) is 6.55. The standard InChI is InChI=1S/C20H24N2O3S2/c1-4-12-22-18-11-10-17(13-19(18)26-20(22)23)27(24,25)21-14(3)16-8-6-15(5-2)7-9-16/h6-11,13-14,21H,4-5,12H2,1-3H3/t14-/m1/s1. The van der Waals surface area contributed by atoms with Crippen molar-refractivity contribution in [3.63, 3.8) is 0 Å². The lowest BCUT2D eigenvalue weighted by Crippen LogP contribution is -2.26. The predicted molar refractivity (Wildman–Crippen MR) is 111 cm³/mol. The fraction of sp³-hybridized carbons (Fsp3) is 0.350. The van der Waals surface area contributed by atoms with E-state index in [0.717, 1.165) is 35.3 Å². The number of sulfonamides is 1. The van der Waals surface area contributed by atoms with Crippen molar-refractivity contribution in [1.29, 1.82) is 0 Å². The Morgan fingerprint density at radius 3 is 2.44 bits per heavy atom. The fourth-order valence-corrected chi connectivity index (χ4v) is 5.35. The summed E-state index contributed by atoms with van der Waals surface area (Å²) in [7, 11) is -3.69. The SMILES string of the molecule is CCCn1c(=O)sc2cc(S(=O)(=O)N[C@H](C)c3ccc(CC)cc3)ccc21. The maximum atomic E-state index is 12.8. The van der Waals surface area contributed by atoms with Gasteiger partial charge in [-0.05, 0) is 49.1 Å². The average Bonchev–Trinajstić information content (AvgIpc) is 2.96. The summed E-state index contributed by atoms with van der Waals surface area (Å²) in [4.78, 5) is 12.2. The molecular formula is C20H24N2O3S2. The van der Waals surface area contributed by atoms with Crippen LogP contribution in [-0.2, 0) is 23.0 Å². The molecule has 0 aliphatic rings. The van der Waals surface area contributed by atoms with E-state index in [1.807, 2.05) is 38.1 Å². The molecule has 0 bridgehead atoms. The zero-order chi connectivity index (χ0) is 19.6. The quantitative estimate of drug-likeness (QED) is 0.645. The second-order valence-electron chi connectivity index (χ2n) is 6.59. The van der Waals surface area contributed by atoms with E-state index >= 15 is 0 Å². The van der Waals surface area contributed by atoms with Crippen molar-refractivity contribution in [2.24, 2.45) is 0 Å². The van der Waals surface area contributed by atoms with Gasteiger partial charge in [-0.15, -0.1) is 0 Å². The minimum Gasteiger partial charge on any atom is -0.299 e. The molecule has 2 aromatic carbocycles. The summed E-state index contributed by atoms with van der Waals surface area (Å²) in [5, 5.41) is 0. The van der Waals surface area contributed by atoms with Crippen LogP contribution in [0.15, 0.2) is 52.2 Å². The van der Waals surface area contributed by atoms with Crippen LogP contribution in [0.4, 0.5) is 0 Å². The molecular weight excluding hydrogens is 380 g/mol. The Kier molecular flexibility index (Phi) is 5.83. The predicted octanol–water partition coefficient (Wildman–Crippen LogP) is 4.07. The lowest BCUT2D eigenvalue weighted by molar-refractivity contribution is 0.567. The summed E-state index contributed by atoms with van der Waals surface area (Å²) >= 11 is 1.08. The first-order valence-corrected chi connectivity index (χ1v) is 11.4. The van der Waals surface area contributed by atoms with Crippen LogP contribution in [0.5, 0.6) is 0 Å². The highest BCUT2D eigenvalue weighted by Crippen LogP contribution is 2.24. The molecule has 0 aliphatic carbocycles. The van der Waals surface area contributed by atoms with Crippen LogP contribution in [0.2, 0.25) is 0 Å². The number of rotatable bonds is 7. The van der Waals surface area contributed by atoms with Crippen molar-refractivity contribution in [2.75, 3.05) is 0 Å². The van der Waals surface area contributed by atoms with Crippen LogP contribution in [-0.4, -0.2) is 13.0 Å². The topological polar surface area (TPSA) is 68.2 Å². The molecule has 0 unspecified atom stereocenters. The zero-order valence-electron chi connectivity index (χ0n) is 15.7. The highest BCUT2D eigenvalue weighted by atomic mass is 32.2. The smallest absolute Gasteiger partial charge is 0.299 e. The van der Waals surface area contributed by atoms with Gasteiger partial charge >= 0.3 is 4.87 Å². The van der Waals surface area contributed by atoms with E-state index in [1.165, 1.54) is 5.56 Å². The van der Waals surface area contributed by atoms with Crippen molar-refractivity contribution >= 4 is 31.6 Å². The van der Waals surface area contributed by atoms with Crippen LogP contribution in [0, 0.1) is 0 Å². The molecule has 1 N–H and O–H groups in total. The zero-order valence-corrected chi connectivity index (χ0v) is 17.4. The Balaban J connectivity index is 1.88. The molecule has 0 fully saturated rings. The van der Waals surface area contributed by atoms with Gasteiger partial charge in [0.2, 0.25) is 10.0 Å². The molecule has 1 heterocycles. The third-order valence-corrected chi connectivity index (χ3v) is 7.10. The first kappa shape index (κ1) is 19.8. The van der Waals surface area contributed by atoms with Crippen molar-refractivity contribution in [2.45, 2.75) is 51.1 Å². The molecule has 5 nitrogen and oxygen atoms in total. The second-order valence-corrected chi connectivity index (χ2v) is 9.29. The molecule has 0 amide bonds. The van der Waals surface area contributed by atoms with Gasteiger partial charge in [-0.3, -0.25) is 9.36 Å². The van der Waals surface area contributed by atoms with Crippen molar-refractivity contribution in [1.82, 2.24) is 9.29 Å². The van der Waals surface area contributed by atoms with Gasteiger partial charge in [0.05, 0.1) is 15.1 Å². The number of benzene rings is 2. The molecule has 0 saturated carbocycles. The van der Waals surface area contributed by atoms with E-state index in [0.29, 0.717) is 11.2 Å². The number of aromatic nitrogens is 1. The molecule has 0 radical (unpaired) electrons. The molecule has 0 saturated heterocycles. The number of nitrogens with zero attached hydrogens (tertiary/aromatic N) is 1.